The van der Waals surface area contributed by atoms with Gasteiger partial charge < -0.3 is 44.1 Å². The summed E-state index contributed by atoms with van der Waals surface area (Å²) in [5, 5.41) is 9.48. The van der Waals surface area contributed by atoms with Crippen LogP contribution >= 0.6 is 0 Å². The average Bonchev–Trinajstić information content (AvgIpc) is 3.38. The highest BCUT2D eigenvalue weighted by Crippen LogP contribution is 2.40. The summed E-state index contributed by atoms with van der Waals surface area (Å²) in [7, 11) is 0.743. The molecule has 0 heterocycles. The van der Waals surface area contributed by atoms with Gasteiger partial charge in [0.25, 0.3) is 0 Å². The molecule has 1 unspecified atom stereocenters. The van der Waals surface area contributed by atoms with Gasteiger partial charge in [0.05, 0.1) is 65.0 Å². The van der Waals surface area contributed by atoms with Crippen LogP contribution in [-0.4, -0.2) is 89.9 Å². The summed E-state index contributed by atoms with van der Waals surface area (Å²) in [5.74, 6) is -1.02. The first kappa shape index (κ1) is 64.2. The average molecular weight is 1050 g/mol. The number of carbonyl (C=O) groups is 3. The number of amides is 2. The van der Waals surface area contributed by atoms with Crippen molar-refractivity contribution in [1.29, 1.82) is 0 Å². The van der Waals surface area contributed by atoms with Gasteiger partial charge in [-0.3, -0.25) is 9.59 Å². The second-order valence-electron chi connectivity index (χ2n) is 22.4. The summed E-state index contributed by atoms with van der Waals surface area (Å²) >= 11 is 0. The molecule has 0 radical (unpaired) electrons. The molecule has 0 saturated heterocycles. The van der Waals surface area contributed by atoms with Gasteiger partial charge in [0.1, 0.15) is 11.8 Å². The lowest BCUT2D eigenvalue weighted by Crippen LogP contribution is -2.60. The molecule has 74 heavy (non-hydrogen) atoms. The summed E-state index contributed by atoms with van der Waals surface area (Å²) in [6.45, 7) is 25.2. The molecular weight excluding hydrogens is 947 g/mol. The zero-order valence-electron chi connectivity index (χ0n) is 48.0. The van der Waals surface area contributed by atoms with E-state index in [-0.39, 0.29) is 60.7 Å². The Labute approximate surface area is 449 Å². The molecule has 8 atom stereocenters. The minimum atomic E-state index is -2.19. The summed E-state index contributed by atoms with van der Waals surface area (Å²) in [6.07, 6.45) is 14.0. The maximum atomic E-state index is 14.6. The number of rotatable bonds is 38. The highest BCUT2D eigenvalue weighted by molar-refractivity contribution is 6.74. The van der Waals surface area contributed by atoms with Gasteiger partial charge in [-0.2, -0.15) is 0 Å². The number of ether oxygens (including phenoxy) is 5. The van der Waals surface area contributed by atoms with Gasteiger partial charge in [-0.05, 0) is 72.1 Å². The number of hydrogen-bond donors (Lipinski definition) is 3. The largest absolute Gasteiger partial charge is 0.497 e. The van der Waals surface area contributed by atoms with E-state index >= 15 is 0 Å². The Morgan fingerprint density at radius 1 is 0.622 bits per heavy atom. The second kappa shape index (κ2) is 34.5. The van der Waals surface area contributed by atoms with E-state index in [1.807, 2.05) is 98.8 Å². The standard InChI is InChI=1S/C61H99N3O9Si/c1-14-15-16-17-18-19-20-21-22-23-30-35-54(73-74(12,13)61(7,8)9)47(5)57(72-43-51-36-38-52(68-10)39-37-51)46(4)40-62-55(45(2)3)58(65)64-56(48(6)71-42-50-33-28-25-29-34-50)59(66)63-53(60(67)69-11)44-70-41-49-31-26-24-27-32-49/h24-29,31-34,36-39,45-48,53-57,62H,14-23,30,35,40-44H2,1-13H3,(H,63,66)(H,64,65)/t46-,47+,48?,53+,54-,55+,56+,57-/m1/s1. The van der Waals surface area contributed by atoms with Crippen molar-refractivity contribution in [2.45, 2.75) is 214 Å². The van der Waals surface area contributed by atoms with E-state index in [9.17, 15) is 14.4 Å². The number of benzene rings is 3. The van der Waals surface area contributed by atoms with E-state index in [4.69, 9.17) is 28.1 Å². The third-order valence-electron chi connectivity index (χ3n) is 14.8. The zero-order chi connectivity index (χ0) is 54.5. The van der Waals surface area contributed by atoms with Crippen LogP contribution in [0.15, 0.2) is 84.9 Å². The van der Waals surface area contributed by atoms with Crippen LogP contribution in [0.2, 0.25) is 18.1 Å². The van der Waals surface area contributed by atoms with E-state index < -0.39 is 44.4 Å². The molecule has 3 aromatic rings. The Morgan fingerprint density at radius 2 is 1.14 bits per heavy atom. The second-order valence-corrected chi connectivity index (χ2v) is 27.2. The highest BCUT2D eigenvalue weighted by Gasteiger charge is 2.42. The highest BCUT2D eigenvalue weighted by atomic mass is 28.4. The number of carbonyl (C=O) groups excluding carboxylic acids is 3. The lowest BCUT2D eigenvalue weighted by molar-refractivity contribution is -0.148. The number of nitrogens with one attached hydrogen (secondary N) is 3. The fraction of sp³-hybridized carbons (Fsp3) is 0.656. The van der Waals surface area contributed by atoms with E-state index in [1.54, 1.807) is 14.0 Å². The first-order chi connectivity index (χ1) is 35.3. The molecule has 416 valence electrons. The quantitative estimate of drug-likeness (QED) is 0.0288. The number of unbranched alkanes of at least 4 members (excludes halogenated alkanes) is 10. The van der Waals surface area contributed by atoms with Crippen LogP contribution in [0.5, 0.6) is 5.75 Å². The molecule has 0 saturated carbocycles. The van der Waals surface area contributed by atoms with Crippen LogP contribution < -0.4 is 20.7 Å². The third-order valence-corrected chi connectivity index (χ3v) is 19.3. The molecule has 0 bridgehead atoms. The molecule has 12 nitrogen and oxygen atoms in total. The summed E-state index contributed by atoms with van der Waals surface area (Å²) in [4.78, 5) is 42.0. The van der Waals surface area contributed by atoms with Gasteiger partial charge >= 0.3 is 5.97 Å². The van der Waals surface area contributed by atoms with Crippen molar-refractivity contribution in [3.8, 4) is 5.75 Å². The monoisotopic (exact) mass is 1050 g/mol. The van der Waals surface area contributed by atoms with Crippen LogP contribution in [0, 0.1) is 17.8 Å². The SMILES string of the molecule is CCCCCCCCCCCCC[C@@H](O[Si](C)(C)C(C)(C)C)[C@H](C)[C@H](OCc1ccc(OC)cc1)[C@H](C)CN[C@H](C(=O)N[C@H](C(=O)N[C@@H](COCc1ccccc1)C(=O)OC)C(C)OCc1ccccc1)C(C)C. The van der Waals surface area contributed by atoms with E-state index in [1.165, 1.54) is 71.3 Å². The predicted molar refractivity (Wildman–Crippen MR) is 302 cm³/mol. The van der Waals surface area contributed by atoms with Crippen LogP contribution in [0.1, 0.15) is 156 Å². The lowest BCUT2D eigenvalue weighted by atomic mass is 9.86. The van der Waals surface area contributed by atoms with Crippen LogP contribution in [0.3, 0.4) is 0 Å². The number of methoxy groups -OCH3 is 2. The minimum absolute atomic E-state index is 0.0174. The first-order valence-corrected chi connectivity index (χ1v) is 30.8. The Bertz CT molecular complexity index is 1980. The third kappa shape index (κ3) is 23.4. The fourth-order valence-corrected chi connectivity index (χ4v) is 10.4. The van der Waals surface area contributed by atoms with Gasteiger partial charge in [-0.15, -0.1) is 0 Å². The van der Waals surface area contributed by atoms with E-state index in [0.717, 1.165) is 35.3 Å². The van der Waals surface area contributed by atoms with Crippen LogP contribution in [-0.2, 0) is 57.6 Å². The molecule has 3 aromatic carbocycles. The van der Waals surface area contributed by atoms with E-state index in [0.29, 0.717) is 13.2 Å². The summed E-state index contributed by atoms with van der Waals surface area (Å²) in [6, 6.07) is 24.2. The summed E-state index contributed by atoms with van der Waals surface area (Å²) in [5.41, 5.74) is 2.87. The predicted octanol–water partition coefficient (Wildman–Crippen LogP) is 12.5. The first-order valence-electron chi connectivity index (χ1n) is 27.9. The molecule has 0 aliphatic heterocycles. The lowest BCUT2D eigenvalue weighted by Gasteiger charge is -2.43. The maximum Gasteiger partial charge on any atom is 0.330 e. The molecule has 3 rings (SSSR count). The Balaban J connectivity index is 1.86. The Morgan fingerprint density at radius 3 is 1.66 bits per heavy atom. The molecular formula is C61H99N3O9Si. The summed E-state index contributed by atoms with van der Waals surface area (Å²) < 4.78 is 37.1. The molecule has 3 N–H and O–H groups in total. The van der Waals surface area contributed by atoms with Crippen molar-refractivity contribution in [2.24, 2.45) is 17.8 Å². The van der Waals surface area contributed by atoms with Crippen LogP contribution in [0.25, 0.3) is 0 Å². The molecule has 0 fully saturated rings. The van der Waals surface area contributed by atoms with Gasteiger partial charge in [-0.25, -0.2) is 4.79 Å². The topological polar surface area (TPSA) is 143 Å². The van der Waals surface area contributed by atoms with Gasteiger partial charge in [0, 0.05) is 12.5 Å². The smallest absolute Gasteiger partial charge is 0.330 e. The van der Waals surface area contributed by atoms with Crippen molar-refractivity contribution in [2.75, 3.05) is 27.4 Å². The van der Waals surface area contributed by atoms with Gasteiger partial charge in [0.2, 0.25) is 11.8 Å². The van der Waals surface area contributed by atoms with Crippen LogP contribution in [0.4, 0.5) is 0 Å². The molecule has 13 heteroatoms. The van der Waals surface area contributed by atoms with Gasteiger partial charge in [0.15, 0.2) is 14.4 Å². The minimum Gasteiger partial charge on any atom is -0.497 e. The fourth-order valence-electron chi connectivity index (χ4n) is 8.99. The Hall–Kier alpha value is -4.11. The van der Waals surface area contributed by atoms with Crippen molar-refractivity contribution in [3.05, 3.63) is 102 Å². The molecule has 0 aromatic heterocycles. The normalized spacial score (nSPS) is 15.3. The van der Waals surface area contributed by atoms with Crippen molar-refractivity contribution < 1.29 is 42.5 Å². The van der Waals surface area contributed by atoms with E-state index in [2.05, 4.69) is 70.6 Å². The van der Waals surface area contributed by atoms with Crippen molar-refractivity contribution in [3.63, 3.8) is 0 Å². The molecule has 0 spiro atoms. The number of hydrogen-bond acceptors (Lipinski definition) is 10. The van der Waals surface area contributed by atoms with Crippen molar-refractivity contribution in [1.82, 2.24) is 16.0 Å². The zero-order valence-corrected chi connectivity index (χ0v) is 49.0. The molecule has 2 amide bonds. The Kier molecular flexibility index (Phi) is 29.9. The molecule has 0 aliphatic carbocycles. The molecule has 0 aliphatic rings. The maximum absolute atomic E-state index is 14.6. The van der Waals surface area contributed by atoms with Gasteiger partial charge in [-0.1, -0.05) is 199 Å². The number of esters is 1. The van der Waals surface area contributed by atoms with Crippen molar-refractivity contribution >= 4 is 26.1 Å².